The fraction of sp³-hybridized carbons (Fsp3) is 0.412. The molecule has 0 saturated heterocycles. The van der Waals surface area contributed by atoms with Crippen molar-refractivity contribution in [2.75, 3.05) is 13.7 Å². The second-order valence-electron chi connectivity index (χ2n) is 5.43. The molecule has 4 heteroatoms. The number of hydrogen-bond acceptors (Lipinski definition) is 3. The van der Waals surface area contributed by atoms with E-state index in [1.807, 2.05) is 38.1 Å². The minimum absolute atomic E-state index is 0.167. The van der Waals surface area contributed by atoms with Crippen molar-refractivity contribution in [3.8, 4) is 0 Å². The quantitative estimate of drug-likeness (QED) is 0.905. The first kappa shape index (κ1) is 16.0. The zero-order chi connectivity index (χ0) is 15.4. The molecule has 1 aliphatic rings. The molecule has 2 rings (SSSR count). The summed E-state index contributed by atoms with van der Waals surface area (Å²) in [6.07, 6.45) is 2.87. The summed E-state index contributed by atoms with van der Waals surface area (Å²) >= 11 is 0. The van der Waals surface area contributed by atoms with Gasteiger partial charge in [0.05, 0.1) is 17.4 Å². The van der Waals surface area contributed by atoms with Crippen molar-refractivity contribution in [2.24, 2.45) is 5.92 Å². The Morgan fingerprint density at radius 2 is 1.90 bits per heavy atom. The predicted octanol–water partition coefficient (Wildman–Crippen LogP) is 3.49. The topological polar surface area (TPSA) is 38.3 Å². The van der Waals surface area contributed by atoms with E-state index in [1.165, 1.54) is 5.56 Å². The fourth-order valence-corrected chi connectivity index (χ4v) is 3.95. The van der Waals surface area contributed by atoms with Crippen molar-refractivity contribution in [1.82, 2.24) is 5.32 Å². The van der Waals surface area contributed by atoms with Gasteiger partial charge in [-0.25, -0.2) is 4.21 Å². The number of nitrogens with one attached hydrogen (secondary N) is 1. The van der Waals surface area contributed by atoms with Crippen LogP contribution in [0.3, 0.4) is 0 Å². The minimum Gasteiger partial charge on any atom is -0.384 e. The zero-order valence-electron chi connectivity index (χ0n) is 13.1. The Labute approximate surface area is 129 Å². The molecule has 2 atom stereocenters. The van der Waals surface area contributed by atoms with Crippen molar-refractivity contribution in [3.63, 3.8) is 0 Å². The summed E-state index contributed by atoms with van der Waals surface area (Å²) in [7, 11) is 0.547. The number of methoxy groups -OCH3 is 1. The van der Waals surface area contributed by atoms with Crippen molar-refractivity contribution in [3.05, 3.63) is 52.2 Å². The lowest BCUT2D eigenvalue weighted by molar-refractivity contribution is 0.200. The highest BCUT2D eigenvalue weighted by Crippen LogP contribution is 2.30. The van der Waals surface area contributed by atoms with E-state index >= 15 is 0 Å². The number of allylic oxidation sites excluding steroid dienone is 3. The summed E-state index contributed by atoms with van der Waals surface area (Å²) in [5, 5.41) is 3.36. The molecule has 0 amide bonds. The maximum Gasteiger partial charge on any atom is 0.0831 e. The number of ether oxygens (including phenoxy) is 1. The van der Waals surface area contributed by atoms with E-state index in [0.717, 1.165) is 27.6 Å². The molecule has 0 aromatic heterocycles. The first-order valence-electron chi connectivity index (χ1n) is 7.18. The average Bonchev–Trinajstić information content (AvgIpc) is 2.44. The molecule has 114 valence electrons. The summed E-state index contributed by atoms with van der Waals surface area (Å²) in [6.45, 7) is 6.79. The Hall–Kier alpha value is -1.39. The van der Waals surface area contributed by atoms with E-state index in [9.17, 15) is 4.21 Å². The van der Waals surface area contributed by atoms with E-state index in [4.69, 9.17) is 4.74 Å². The predicted molar refractivity (Wildman–Crippen MR) is 87.2 cm³/mol. The van der Waals surface area contributed by atoms with Crippen LogP contribution in [-0.4, -0.2) is 17.9 Å². The Balaban J connectivity index is 2.35. The van der Waals surface area contributed by atoms with Crippen LogP contribution in [-0.2, 0) is 15.5 Å². The number of benzene rings is 1. The van der Waals surface area contributed by atoms with Crippen LogP contribution in [0.15, 0.2) is 51.5 Å². The molecule has 0 bridgehead atoms. The third-order valence-corrected chi connectivity index (χ3v) is 5.27. The van der Waals surface area contributed by atoms with Crippen molar-refractivity contribution in [2.45, 2.75) is 32.1 Å². The molecule has 0 spiro atoms. The second-order valence-corrected chi connectivity index (χ2v) is 6.88. The maximum absolute atomic E-state index is 12.9. The Bertz CT molecular complexity index is 587. The largest absolute Gasteiger partial charge is 0.384 e. The first-order valence-corrected chi connectivity index (χ1v) is 8.33. The van der Waals surface area contributed by atoms with E-state index in [0.29, 0.717) is 6.61 Å². The van der Waals surface area contributed by atoms with Gasteiger partial charge in [0, 0.05) is 40.6 Å². The average molecular weight is 305 g/mol. The molecule has 1 N–H and O–H groups in total. The van der Waals surface area contributed by atoms with Gasteiger partial charge in [0.25, 0.3) is 0 Å². The molecule has 0 radical (unpaired) electrons. The SMILES string of the molecule is COCCC1=C(S(=O)c2ccc(C)cc2)[C@H](C)C=C(C)N1. The highest BCUT2D eigenvalue weighted by Gasteiger charge is 2.24. The van der Waals surface area contributed by atoms with Gasteiger partial charge in [-0.3, -0.25) is 0 Å². The summed E-state index contributed by atoms with van der Waals surface area (Å²) in [5.74, 6) is 0.167. The van der Waals surface area contributed by atoms with Crippen LogP contribution in [0, 0.1) is 12.8 Å². The van der Waals surface area contributed by atoms with Gasteiger partial charge in [-0.05, 0) is 26.0 Å². The van der Waals surface area contributed by atoms with Crippen molar-refractivity contribution >= 4 is 10.8 Å². The molecule has 0 saturated carbocycles. The fourth-order valence-electron chi connectivity index (χ4n) is 2.53. The number of hydrogen-bond donors (Lipinski definition) is 1. The zero-order valence-corrected chi connectivity index (χ0v) is 13.9. The third-order valence-electron chi connectivity index (χ3n) is 3.55. The molecular formula is C17H23NO2S. The lowest BCUT2D eigenvalue weighted by Crippen LogP contribution is -2.24. The minimum atomic E-state index is -1.14. The summed E-state index contributed by atoms with van der Waals surface area (Å²) in [6, 6.07) is 7.91. The lowest BCUT2D eigenvalue weighted by Gasteiger charge is -2.25. The molecule has 1 unspecified atom stereocenters. The molecular weight excluding hydrogens is 282 g/mol. The van der Waals surface area contributed by atoms with Gasteiger partial charge < -0.3 is 10.1 Å². The normalized spacial score (nSPS) is 20.0. The highest BCUT2D eigenvalue weighted by molar-refractivity contribution is 7.89. The van der Waals surface area contributed by atoms with E-state index < -0.39 is 10.8 Å². The van der Waals surface area contributed by atoms with E-state index in [1.54, 1.807) is 7.11 Å². The van der Waals surface area contributed by atoms with Gasteiger partial charge in [0.1, 0.15) is 0 Å². The van der Waals surface area contributed by atoms with Crippen molar-refractivity contribution < 1.29 is 8.95 Å². The third kappa shape index (κ3) is 3.83. The summed E-state index contributed by atoms with van der Waals surface area (Å²) in [5.41, 5.74) is 3.32. The van der Waals surface area contributed by atoms with Crippen LogP contribution in [0.25, 0.3) is 0 Å². The number of dihydropyridines is 1. The standard InChI is InChI=1S/C17H23NO2S/c1-12-5-7-15(8-6-12)21(19)17-13(2)11-14(3)18-16(17)9-10-20-4/h5-8,11,13,18H,9-10H2,1-4H3/t13-,21?/m1/s1. The molecule has 3 nitrogen and oxygen atoms in total. The molecule has 1 aromatic carbocycles. The molecule has 0 aliphatic carbocycles. The second kappa shape index (κ2) is 7.05. The molecule has 21 heavy (non-hydrogen) atoms. The Morgan fingerprint density at radius 1 is 1.24 bits per heavy atom. The summed E-state index contributed by atoms with van der Waals surface area (Å²) < 4.78 is 18.1. The van der Waals surface area contributed by atoms with Crippen LogP contribution < -0.4 is 5.32 Å². The number of rotatable bonds is 5. The first-order chi connectivity index (χ1) is 10.0. The maximum atomic E-state index is 12.9. The Morgan fingerprint density at radius 3 is 2.52 bits per heavy atom. The van der Waals surface area contributed by atoms with Crippen LogP contribution >= 0.6 is 0 Å². The van der Waals surface area contributed by atoms with Gasteiger partial charge in [-0.1, -0.05) is 30.7 Å². The Kier molecular flexibility index (Phi) is 5.37. The van der Waals surface area contributed by atoms with Gasteiger partial charge in [-0.2, -0.15) is 0 Å². The van der Waals surface area contributed by atoms with Gasteiger partial charge in [0.15, 0.2) is 0 Å². The molecule has 1 heterocycles. The van der Waals surface area contributed by atoms with Crippen LogP contribution in [0.5, 0.6) is 0 Å². The molecule has 1 aromatic rings. The van der Waals surface area contributed by atoms with Gasteiger partial charge >= 0.3 is 0 Å². The van der Waals surface area contributed by atoms with Gasteiger partial charge in [0.2, 0.25) is 0 Å². The lowest BCUT2D eigenvalue weighted by atomic mass is 10.0. The summed E-state index contributed by atoms with van der Waals surface area (Å²) in [4.78, 5) is 1.81. The van der Waals surface area contributed by atoms with Gasteiger partial charge in [-0.15, -0.1) is 0 Å². The monoisotopic (exact) mass is 305 g/mol. The molecule has 1 aliphatic heterocycles. The van der Waals surface area contributed by atoms with Crippen molar-refractivity contribution in [1.29, 1.82) is 0 Å². The van der Waals surface area contributed by atoms with Crippen LogP contribution in [0.4, 0.5) is 0 Å². The number of aryl methyl sites for hydroxylation is 1. The smallest absolute Gasteiger partial charge is 0.0831 e. The van der Waals surface area contributed by atoms with Crippen LogP contribution in [0.1, 0.15) is 25.8 Å². The van der Waals surface area contributed by atoms with E-state index in [-0.39, 0.29) is 5.92 Å². The highest BCUT2D eigenvalue weighted by atomic mass is 32.2. The van der Waals surface area contributed by atoms with Crippen LogP contribution in [0.2, 0.25) is 0 Å². The molecule has 0 fully saturated rings. The van der Waals surface area contributed by atoms with E-state index in [2.05, 4.69) is 18.3 Å².